The fraction of sp³-hybridized carbons (Fsp3) is 0.467. The average molecular weight is 260 g/mol. The number of ether oxygens (including phenoxy) is 1. The number of carbonyl (C=O) groups excluding carboxylic acids is 1. The zero-order chi connectivity index (χ0) is 13.7. The average Bonchev–Trinajstić information content (AvgIpc) is 2.40. The zero-order valence-corrected chi connectivity index (χ0v) is 11.5. The third-order valence-electron chi connectivity index (χ3n) is 3.21. The number of aromatic nitrogens is 1. The molecule has 0 N–H and O–H groups in total. The lowest BCUT2D eigenvalue weighted by atomic mass is 10.1. The lowest BCUT2D eigenvalue weighted by molar-refractivity contribution is -0.127. The van der Waals surface area contributed by atoms with Gasteiger partial charge in [-0.3, -0.25) is 4.79 Å². The van der Waals surface area contributed by atoms with Crippen molar-refractivity contribution in [1.82, 2.24) is 9.88 Å². The van der Waals surface area contributed by atoms with Crippen LogP contribution < -0.4 is 4.74 Å². The van der Waals surface area contributed by atoms with Gasteiger partial charge in [-0.05, 0) is 26.0 Å². The molecule has 2 heterocycles. The van der Waals surface area contributed by atoms with Gasteiger partial charge in [0, 0.05) is 37.7 Å². The van der Waals surface area contributed by atoms with E-state index < -0.39 is 0 Å². The molecule has 1 fully saturated rings. The standard InChI is InChI=1S/C15H20N2O2/c1-3-5-15(18)17-10-8-13(9-11-17)19-14-7-4-6-12(2)16-14/h3-7,13H,8-11H2,1-2H3/b5-3+. The molecule has 0 saturated carbocycles. The Morgan fingerprint density at radius 2 is 2.16 bits per heavy atom. The molecule has 1 aliphatic heterocycles. The van der Waals surface area contributed by atoms with Gasteiger partial charge in [0.1, 0.15) is 6.10 Å². The Balaban J connectivity index is 1.85. The lowest BCUT2D eigenvalue weighted by Crippen LogP contribution is -2.41. The van der Waals surface area contributed by atoms with Crippen LogP contribution in [0, 0.1) is 6.92 Å². The van der Waals surface area contributed by atoms with Gasteiger partial charge in [0.05, 0.1) is 0 Å². The molecule has 0 aliphatic carbocycles. The molecule has 102 valence electrons. The number of rotatable bonds is 3. The number of hydrogen-bond donors (Lipinski definition) is 0. The highest BCUT2D eigenvalue weighted by Gasteiger charge is 2.22. The zero-order valence-electron chi connectivity index (χ0n) is 11.5. The number of pyridine rings is 1. The SMILES string of the molecule is C/C=C/C(=O)N1CCC(Oc2cccc(C)n2)CC1. The summed E-state index contributed by atoms with van der Waals surface area (Å²) < 4.78 is 5.86. The van der Waals surface area contributed by atoms with E-state index in [9.17, 15) is 4.79 Å². The maximum Gasteiger partial charge on any atom is 0.246 e. The van der Waals surface area contributed by atoms with E-state index in [0.717, 1.165) is 31.6 Å². The van der Waals surface area contributed by atoms with Crippen LogP contribution in [0.3, 0.4) is 0 Å². The molecule has 0 aromatic carbocycles. The topological polar surface area (TPSA) is 42.4 Å². The first kappa shape index (κ1) is 13.6. The normalized spacial score (nSPS) is 16.8. The van der Waals surface area contributed by atoms with Crippen molar-refractivity contribution < 1.29 is 9.53 Å². The van der Waals surface area contributed by atoms with Gasteiger partial charge >= 0.3 is 0 Å². The Bertz CT molecular complexity index is 463. The first-order valence-electron chi connectivity index (χ1n) is 6.71. The summed E-state index contributed by atoms with van der Waals surface area (Å²) in [5.74, 6) is 0.771. The predicted molar refractivity (Wildman–Crippen MR) is 74.0 cm³/mol. The van der Waals surface area contributed by atoms with Crippen LogP contribution in [0.15, 0.2) is 30.4 Å². The highest BCUT2D eigenvalue weighted by atomic mass is 16.5. The number of nitrogens with zero attached hydrogens (tertiary/aromatic N) is 2. The molecule has 1 aromatic heterocycles. The van der Waals surface area contributed by atoms with E-state index in [0.29, 0.717) is 5.88 Å². The molecule has 0 bridgehead atoms. The smallest absolute Gasteiger partial charge is 0.246 e. The summed E-state index contributed by atoms with van der Waals surface area (Å²) in [4.78, 5) is 17.9. The first-order chi connectivity index (χ1) is 9.19. The van der Waals surface area contributed by atoms with Gasteiger partial charge in [-0.2, -0.15) is 0 Å². The molecular weight excluding hydrogens is 240 g/mol. The van der Waals surface area contributed by atoms with E-state index in [1.165, 1.54) is 0 Å². The lowest BCUT2D eigenvalue weighted by Gasteiger charge is -2.31. The molecule has 0 radical (unpaired) electrons. The van der Waals surface area contributed by atoms with Gasteiger partial charge in [-0.25, -0.2) is 4.98 Å². The monoisotopic (exact) mass is 260 g/mol. The molecule has 1 amide bonds. The minimum Gasteiger partial charge on any atom is -0.474 e. The van der Waals surface area contributed by atoms with Gasteiger partial charge in [0.25, 0.3) is 0 Å². The van der Waals surface area contributed by atoms with Crippen molar-refractivity contribution in [2.45, 2.75) is 32.8 Å². The molecule has 2 rings (SSSR count). The molecule has 0 spiro atoms. The summed E-state index contributed by atoms with van der Waals surface area (Å²) in [5.41, 5.74) is 0.957. The minimum atomic E-state index is 0.0923. The number of aryl methyl sites for hydroxylation is 1. The molecule has 19 heavy (non-hydrogen) atoms. The van der Waals surface area contributed by atoms with Crippen LogP contribution in [0.4, 0.5) is 0 Å². The van der Waals surface area contributed by atoms with Gasteiger partial charge < -0.3 is 9.64 Å². The van der Waals surface area contributed by atoms with E-state index in [2.05, 4.69) is 4.98 Å². The highest BCUT2D eigenvalue weighted by Crippen LogP contribution is 2.17. The summed E-state index contributed by atoms with van der Waals surface area (Å²) in [6, 6.07) is 5.78. The van der Waals surface area contributed by atoms with Crippen LogP contribution >= 0.6 is 0 Å². The summed E-state index contributed by atoms with van der Waals surface area (Å²) in [5, 5.41) is 0. The van der Waals surface area contributed by atoms with Gasteiger partial charge in [-0.1, -0.05) is 12.1 Å². The fourth-order valence-electron chi connectivity index (χ4n) is 2.20. The molecule has 0 unspecified atom stereocenters. The number of allylic oxidation sites excluding steroid dienone is 1. The second-order valence-corrected chi connectivity index (χ2v) is 4.76. The van der Waals surface area contributed by atoms with Crippen molar-refractivity contribution in [3.63, 3.8) is 0 Å². The van der Waals surface area contributed by atoms with E-state index in [4.69, 9.17) is 4.74 Å². The van der Waals surface area contributed by atoms with Gasteiger partial charge in [0.2, 0.25) is 11.8 Å². The quantitative estimate of drug-likeness (QED) is 0.783. The van der Waals surface area contributed by atoms with Gasteiger partial charge in [0.15, 0.2) is 0 Å². The van der Waals surface area contributed by atoms with E-state index >= 15 is 0 Å². The fourth-order valence-corrected chi connectivity index (χ4v) is 2.20. The van der Waals surface area contributed by atoms with E-state index in [1.54, 1.807) is 12.2 Å². The Labute approximate surface area is 114 Å². The molecule has 4 nitrogen and oxygen atoms in total. The van der Waals surface area contributed by atoms with Gasteiger partial charge in [-0.15, -0.1) is 0 Å². The summed E-state index contributed by atoms with van der Waals surface area (Å²) in [7, 11) is 0. The second kappa shape index (κ2) is 6.36. The van der Waals surface area contributed by atoms with E-state index in [1.807, 2.05) is 36.9 Å². The highest BCUT2D eigenvalue weighted by molar-refractivity contribution is 5.87. The van der Waals surface area contributed by atoms with Crippen molar-refractivity contribution in [3.05, 3.63) is 36.0 Å². The molecule has 4 heteroatoms. The number of likely N-dealkylation sites (tertiary alicyclic amines) is 1. The van der Waals surface area contributed by atoms with Crippen molar-refractivity contribution in [2.24, 2.45) is 0 Å². The predicted octanol–water partition coefficient (Wildman–Crippen LogP) is 2.34. The minimum absolute atomic E-state index is 0.0923. The van der Waals surface area contributed by atoms with Crippen molar-refractivity contribution in [3.8, 4) is 5.88 Å². The molecule has 0 atom stereocenters. The van der Waals surface area contributed by atoms with Crippen LogP contribution in [0.1, 0.15) is 25.5 Å². The number of piperidine rings is 1. The van der Waals surface area contributed by atoms with Crippen LogP contribution in [0.5, 0.6) is 5.88 Å². The maximum atomic E-state index is 11.7. The molecule has 1 saturated heterocycles. The molecule has 1 aliphatic rings. The van der Waals surface area contributed by atoms with Crippen molar-refractivity contribution in [2.75, 3.05) is 13.1 Å². The van der Waals surface area contributed by atoms with Crippen LogP contribution in [-0.2, 0) is 4.79 Å². The summed E-state index contributed by atoms with van der Waals surface area (Å²) >= 11 is 0. The third kappa shape index (κ3) is 3.81. The van der Waals surface area contributed by atoms with Crippen LogP contribution in [-0.4, -0.2) is 35.0 Å². The second-order valence-electron chi connectivity index (χ2n) is 4.76. The van der Waals surface area contributed by atoms with E-state index in [-0.39, 0.29) is 12.0 Å². The molecule has 1 aromatic rings. The first-order valence-corrected chi connectivity index (χ1v) is 6.71. The number of carbonyl (C=O) groups is 1. The van der Waals surface area contributed by atoms with Crippen molar-refractivity contribution in [1.29, 1.82) is 0 Å². The van der Waals surface area contributed by atoms with Crippen molar-refractivity contribution >= 4 is 5.91 Å². The molecular formula is C15H20N2O2. The largest absolute Gasteiger partial charge is 0.474 e. The van der Waals surface area contributed by atoms with Crippen LogP contribution in [0.2, 0.25) is 0 Å². The summed E-state index contributed by atoms with van der Waals surface area (Å²) in [6.07, 6.45) is 5.27. The Hall–Kier alpha value is -1.84. The maximum absolute atomic E-state index is 11.7. The number of hydrogen-bond acceptors (Lipinski definition) is 3. The Morgan fingerprint density at radius 3 is 2.79 bits per heavy atom. The third-order valence-corrected chi connectivity index (χ3v) is 3.21. The number of amides is 1. The Kier molecular flexibility index (Phi) is 4.55. The van der Waals surface area contributed by atoms with Crippen LogP contribution in [0.25, 0.3) is 0 Å². The summed E-state index contributed by atoms with van der Waals surface area (Å²) in [6.45, 7) is 5.31. The Morgan fingerprint density at radius 1 is 1.42 bits per heavy atom.